The minimum atomic E-state index is -0.171. The molecule has 4 rings (SSSR count). The van der Waals surface area contributed by atoms with Gasteiger partial charge in [-0.15, -0.1) is 0 Å². The van der Waals surface area contributed by atoms with Crippen molar-refractivity contribution in [2.75, 3.05) is 0 Å². The molecule has 116 valence electrons. The van der Waals surface area contributed by atoms with E-state index in [4.69, 9.17) is 16.6 Å². The number of benzene rings is 3. The SMILES string of the molecule is S=c1ccc2ccc([S+](c3ccccc3)c3ccccc3)cc2o1. The molecule has 3 heteroatoms. The number of rotatable bonds is 3. The summed E-state index contributed by atoms with van der Waals surface area (Å²) in [6, 6.07) is 31.4. The van der Waals surface area contributed by atoms with Crippen molar-refractivity contribution in [3.63, 3.8) is 0 Å². The maximum Gasteiger partial charge on any atom is 0.190 e. The van der Waals surface area contributed by atoms with E-state index in [0.717, 1.165) is 11.0 Å². The highest BCUT2D eigenvalue weighted by Gasteiger charge is 2.28. The summed E-state index contributed by atoms with van der Waals surface area (Å²) < 4.78 is 6.26. The minimum absolute atomic E-state index is 0.171. The summed E-state index contributed by atoms with van der Waals surface area (Å²) >= 11 is 5.17. The Kier molecular flexibility index (Phi) is 4.20. The lowest BCUT2D eigenvalue weighted by Gasteiger charge is -2.08. The lowest BCUT2D eigenvalue weighted by Crippen LogP contribution is -2.04. The minimum Gasteiger partial charge on any atom is -0.445 e. The number of hydrogen-bond donors (Lipinski definition) is 0. The molecular formula is C21H15OS2+. The van der Waals surface area contributed by atoms with Crippen LogP contribution in [0.1, 0.15) is 0 Å². The molecule has 0 atom stereocenters. The van der Waals surface area contributed by atoms with Crippen LogP contribution in [-0.2, 0) is 10.9 Å². The molecule has 0 bridgehead atoms. The van der Waals surface area contributed by atoms with E-state index in [-0.39, 0.29) is 10.9 Å². The third kappa shape index (κ3) is 3.01. The summed E-state index contributed by atoms with van der Waals surface area (Å²) in [6.07, 6.45) is 0. The number of fused-ring (bicyclic) bond motifs is 1. The third-order valence-electron chi connectivity index (χ3n) is 3.79. The topological polar surface area (TPSA) is 13.1 Å². The van der Waals surface area contributed by atoms with Crippen LogP contribution in [0.4, 0.5) is 0 Å². The Balaban J connectivity index is 1.92. The normalized spacial score (nSPS) is 11.0. The summed E-state index contributed by atoms with van der Waals surface area (Å²) in [7, 11) is -0.171. The molecule has 0 amide bonds. The van der Waals surface area contributed by atoms with Gasteiger partial charge in [0.25, 0.3) is 0 Å². The predicted octanol–water partition coefficient (Wildman–Crippen LogP) is 6.26. The average molecular weight is 347 g/mol. The van der Waals surface area contributed by atoms with Crippen molar-refractivity contribution in [2.45, 2.75) is 14.7 Å². The van der Waals surface area contributed by atoms with E-state index in [0.29, 0.717) is 4.71 Å². The summed E-state index contributed by atoms with van der Waals surface area (Å²) in [4.78, 5) is 3.81. The molecule has 0 saturated heterocycles. The highest BCUT2D eigenvalue weighted by molar-refractivity contribution is 7.97. The molecule has 0 N–H and O–H groups in total. The molecule has 0 unspecified atom stereocenters. The largest absolute Gasteiger partial charge is 0.445 e. The first kappa shape index (κ1) is 15.2. The summed E-state index contributed by atoms with van der Waals surface area (Å²) in [5.74, 6) is 0. The highest BCUT2D eigenvalue weighted by Crippen LogP contribution is 2.32. The smallest absolute Gasteiger partial charge is 0.190 e. The summed E-state index contributed by atoms with van der Waals surface area (Å²) in [6.45, 7) is 0. The molecule has 0 saturated carbocycles. The first-order valence-electron chi connectivity index (χ1n) is 7.69. The zero-order valence-corrected chi connectivity index (χ0v) is 14.5. The van der Waals surface area contributed by atoms with E-state index < -0.39 is 0 Å². The monoisotopic (exact) mass is 347 g/mol. The van der Waals surface area contributed by atoms with Crippen LogP contribution in [0.5, 0.6) is 0 Å². The molecule has 1 aromatic heterocycles. The van der Waals surface area contributed by atoms with Crippen LogP contribution in [0.15, 0.2) is 110 Å². The molecule has 1 nitrogen and oxygen atoms in total. The second-order valence-electron chi connectivity index (χ2n) is 5.39. The van der Waals surface area contributed by atoms with Crippen molar-refractivity contribution in [3.05, 3.63) is 95.7 Å². The van der Waals surface area contributed by atoms with E-state index in [2.05, 4.69) is 78.9 Å². The van der Waals surface area contributed by atoms with Crippen molar-refractivity contribution in [2.24, 2.45) is 0 Å². The predicted molar refractivity (Wildman–Crippen MR) is 102 cm³/mol. The van der Waals surface area contributed by atoms with Crippen LogP contribution < -0.4 is 0 Å². The quantitative estimate of drug-likeness (QED) is 0.320. The van der Waals surface area contributed by atoms with E-state index in [1.54, 1.807) is 0 Å². The second-order valence-corrected chi connectivity index (χ2v) is 7.82. The molecule has 0 spiro atoms. The Morgan fingerprint density at radius 1 is 0.625 bits per heavy atom. The molecule has 0 radical (unpaired) electrons. The van der Waals surface area contributed by atoms with E-state index in [9.17, 15) is 0 Å². The molecule has 3 aromatic carbocycles. The van der Waals surface area contributed by atoms with Gasteiger partial charge in [-0.2, -0.15) is 0 Å². The lowest BCUT2D eigenvalue weighted by atomic mass is 10.2. The van der Waals surface area contributed by atoms with Gasteiger partial charge in [0.2, 0.25) is 0 Å². The van der Waals surface area contributed by atoms with Crippen molar-refractivity contribution >= 4 is 34.1 Å². The van der Waals surface area contributed by atoms with Crippen LogP contribution in [0.2, 0.25) is 0 Å². The van der Waals surface area contributed by atoms with Crippen LogP contribution in [0.25, 0.3) is 11.0 Å². The molecule has 1 heterocycles. The van der Waals surface area contributed by atoms with Crippen LogP contribution in [-0.4, -0.2) is 0 Å². The van der Waals surface area contributed by atoms with Gasteiger partial charge in [0.15, 0.2) is 19.4 Å². The maximum atomic E-state index is 5.74. The molecule has 0 aliphatic heterocycles. The fourth-order valence-corrected chi connectivity index (χ4v) is 4.95. The number of hydrogen-bond acceptors (Lipinski definition) is 2. The Labute approximate surface area is 148 Å². The van der Waals surface area contributed by atoms with E-state index in [1.807, 2.05) is 12.1 Å². The third-order valence-corrected chi connectivity index (χ3v) is 6.22. The van der Waals surface area contributed by atoms with Gasteiger partial charge in [0.1, 0.15) is 5.58 Å². The maximum absolute atomic E-state index is 5.74. The van der Waals surface area contributed by atoms with Crippen LogP contribution in [0.3, 0.4) is 0 Å². The molecule has 24 heavy (non-hydrogen) atoms. The Morgan fingerprint density at radius 3 is 1.83 bits per heavy atom. The van der Waals surface area contributed by atoms with E-state index >= 15 is 0 Å². The van der Waals surface area contributed by atoms with Crippen LogP contribution in [0, 0.1) is 4.71 Å². The highest BCUT2D eigenvalue weighted by atomic mass is 32.2. The van der Waals surface area contributed by atoms with Gasteiger partial charge in [-0.1, -0.05) is 36.4 Å². The Hall–Kier alpha value is -2.36. The van der Waals surface area contributed by atoms with Gasteiger partial charge in [-0.3, -0.25) is 0 Å². The Bertz CT molecular complexity index is 984. The average Bonchev–Trinajstić information content (AvgIpc) is 2.63. The standard InChI is InChI=1S/C21H15OS2/c23-21-14-12-16-11-13-19(15-20(16)22-21)24(17-7-3-1-4-8-17)18-9-5-2-6-10-18/h1-15H/q+1. The first-order valence-corrected chi connectivity index (χ1v) is 9.33. The fraction of sp³-hybridized carbons (Fsp3) is 0. The van der Waals surface area contributed by atoms with Gasteiger partial charge in [0.05, 0.1) is 10.9 Å². The second kappa shape index (κ2) is 6.63. The summed E-state index contributed by atoms with van der Waals surface area (Å²) in [5, 5.41) is 1.07. The zero-order chi connectivity index (χ0) is 16.4. The van der Waals surface area contributed by atoms with Crippen molar-refractivity contribution in [3.8, 4) is 0 Å². The molecule has 0 aliphatic carbocycles. The van der Waals surface area contributed by atoms with Gasteiger partial charge in [-0.05, 0) is 60.7 Å². The lowest BCUT2D eigenvalue weighted by molar-refractivity contribution is 0.585. The first-order chi connectivity index (χ1) is 11.8. The fourth-order valence-electron chi connectivity index (χ4n) is 2.69. The van der Waals surface area contributed by atoms with Gasteiger partial charge in [0, 0.05) is 11.5 Å². The van der Waals surface area contributed by atoms with Gasteiger partial charge >= 0.3 is 0 Å². The van der Waals surface area contributed by atoms with Gasteiger partial charge in [-0.25, -0.2) is 0 Å². The van der Waals surface area contributed by atoms with Crippen molar-refractivity contribution in [1.82, 2.24) is 0 Å². The van der Waals surface area contributed by atoms with Crippen molar-refractivity contribution < 1.29 is 4.42 Å². The molecule has 0 fully saturated rings. The molecular weight excluding hydrogens is 332 g/mol. The van der Waals surface area contributed by atoms with E-state index in [1.165, 1.54) is 14.7 Å². The molecule has 4 aromatic rings. The van der Waals surface area contributed by atoms with Gasteiger partial charge < -0.3 is 4.42 Å². The molecule has 0 aliphatic rings. The zero-order valence-electron chi connectivity index (χ0n) is 12.9. The Morgan fingerprint density at radius 2 is 1.21 bits per heavy atom. The van der Waals surface area contributed by atoms with Crippen LogP contribution >= 0.6 is 12.2 Å². The summed E-state index contributed by atoms with van der Waals surface area (Å²) in [5.41, 5.74) is 0.837. The van der Waals surface area contributed by atoms with Crippen molar-refractivity contribution in [1.29, 1.82) is 0 Å².